The lowest BCUT2D eigenvalue weighted by atomic mass is 10.2. The molecule has 1 fully saturated rings. The van der Waals surface area contributed by atoms with Gasteiger partial charge in [-0.2, -0.15) is 22.0 Å². The number of carbonyl (C=O) groups is 1. The van der Waals surface area contributed by atoms with Gasteiger partial charge in [-0.25, -0.2) is 0 Å². The summed E-state index contributed by atoms with van der Waals surface area (Å²) in [6, 6.07) is 3.35. The SMILES string of the molecule is CC1(c2cc(NCCNC(=O)/C=C/C(F)(F)C(F)(F)F)ccn2)OCCO1. The van der Waals surface area contributed by atoms with Crippen molar-refractivity contribution in [2.24, 2.45) is 0 Å². The first kappa shape index (κ1) is 21.0. The number of allylic oxidation sites excluding steroid dienone is 1. The van der Waals surface area contributed by atoms with E-state index < -0.39 is 29.9 Å². The van der Waals surface area contributed by atoms with E-state index in [2.05, 4.69) is 15.6 Å². The molecule has 1 aliphatic rings. The fraction of sp³-hybridized carbons (Fsp3) is 0.500. The maximum atomic E-state index is 12.7. The first-order valence-electron chi connectivity index (χ1n) is 7.93. The largest absolute Gasteiger partial charge is 0.457 e. The van der Waals surface area contributed by atoms with Crippen LogP contribution in [0.15, 0.2) is 30.5 Å². The first-order valence-corrected chi connectivity index (χ1v) is 7.93. The zero-order valence-electron chi connectivity index (χ0n) is 14.3. The standard InChI is InChI=1S/C16H18F5N3O3/c1-14(26-8-9-27-14)12-10-11(3-5-23-12)22-6-7-24-13(25)2-4-15(17,18)16(19,20)21/h2-5,10H,6-9H2,1H3,(H,22,23)(H,24,25)/b4-2+. The van der Waals surface area contributed by atoms with Gasteiger partial charge in [0.2, 0.25) is 11.7 Å². The average Bonchev–Trinajstić information content (AvgIpc) is 3.04. The van der Waals surface area contributed by atoms with E-state index in [9.17, 15) is 26.7 Å². The van der Waals surface area contributed by atoms with Gasteiger partial charge in [0.1, 0.15) is 5.69 Å². The Bertz CT molecular complexity index is 688. The normalized spacial score (nSPS) is 17.3. The molecule has 1 aliphatic heterocycles. The highest BCUT2D eigenvalue weighted by Gasteiger charge is 2.55. The smallest absolute Gasteiger partial charge is 0.383 e. The van der Waals surface area contributed by atoms with Gasteiger partial charge >= 0.3 is 12.1 Å². The van der Waals surface area contributed by atoms with Crippen LogP contribution in [0.4, 0.5) is 27.6 Å². The van der Waals surface area contributed by atoms with Gasteiger partial charge < -0.3 is 20.1 Å². The summed E-state index contributed by atoms with van der Waals surface area (Å²) in [7, 11) is 0. The Morgan fingerprint density at radius 2 is 1.93 bits per heavy atom. The van der Waals surface area contributed by atoms with E-state index in [0.717, 1.165) is 0 Å². The van der Waals surface area contributed by atoms with Crippen LogP contribution in [0.1, 0.15) is 12.6 Å². The van der Waals surface area contributed by atoms with Crippen LogP contribution >= 0.6 is 0 Å². The molecule has 0 atom stereocenters. The lowest BCUT2D eigenvalue weighted by Crippen LogP contribution is -2.35. The third-order valence-corrected chi connectivity index (χ3v) is 3.64. The summed E-state index contributed by atoms with van der Waals surface area (Å²) in [6.45, 7) is 2.83. The van der Waals surface area contributed by atoms with Crippen molar-refractivity contribution >= 4 is 11.6 Å². The fourth-order valence-electron chi connectivity index (χ4n) is 2.18. The quantitative estimate of drug-likeness (QED) is 0.422. The predicted octanol–water partition coefficient (Wildman–Crippen LogP) is 2.58. The predicted molar refractivity (Wildman–Crippen MR) is 85.1 cm³/mol. The van der Waals surface area contributed by atoms with E-state index in [-0.39, 0.29) is 19.2 Å². The van der Waals surface area contributed by atoms with Gasteiger partial charge in [-0.15, -0.1) is 0 Å². The Kier molecular flexibility index (Phi) is 6.37. The highest BCUT2D eigenvalue weighted by molar-refractivity contribution is 5.87. The minimum atomic E-state index is -5.74. The van der Waals surface area contributed by atoms with Crippen LogP contribution in [-0.4, -0.2) is 49.3 Å². The molecular weight excluding hydrogens is 377 g/mol. The molecule has 0 radical (unpaired) electrons. The number of ether oxygens (including phenoxy) is 2. The summed E-state index contributed by atoms with van der Waals surface area (Å²) >= 11 is 0. The summed E-state index contributed by atoms with van der Waals surface area (Å²) in [6.07, 6.45) is -4.52. The molecule has 0 aliphatic carbocycles. The third-order valence-electron chi connectivity index (χ3n) is 3.64. The van der Waals surface area contributed by atoms with Crippen molar-refractivity contribution in [3.8, 4) is 0 Å². The Hall–Kier alpha value is -2.27. The van der Waals surface area contributed by atoms with Crippen LogP contribution < -0.4 is 10.6 Å². The number of aromatic nitrogens is 1. The van der Waals surface area contributed by atoms with Crippen LogP contribution in [0.3, 0.4) is 0 Å². The zero-order chi connectivity index (χ0) is 20.1. The Morgan fingerprint density at radius 1 is 1.26 bits per heavy atom. The van der Waals surface area contributed by atoms with Crippen LogP contribution in [0.2, 0.25) is 0 Å². The van der Waals surface area contributed by atoms with E-state index in [0.29, 0.717) is 24.6 Å². The molecule has 6 nitrogen and oxygen atoms in total. The molecule has 1 saturated heterocycles. The zero-order valence-corrected chi connectivity index (χ0v) is 14.3. The van der Waals surface area contributed by atoms with Crippen molar-refractivity contribution in [3.63, 3.8) is 0 Å². The second-order valence-electron chi connectivity index (χ2n) is 5.74. The first-order chi connectivity index (χ1) is 12.5. The maximum absolute atomic E-state index is 12.7. The summed E-state index contributed by atoms with van der Waals surface area (Å²) in [5, 5.41) is 5.16. The molecule has 2 heterocycles. The van der Waals surface area contributed by atoms with Crippen molar-refractivity contribution in [3.05, 3.63) is 36.2 Å². The number of carbonyl (C=O) groups excluding carboxylic acids is 1. The fourth-order valence-corrected chi connectivity index (χ4v) is 2.18. The number of anilines is 1. The van der Waals surface area contributed by atoms with Crippen molar-refractivity contribution < 1.29 is 36.2 Å². The topological polar surface area (TPSA) is 72.5 Å². The molecule has 0 saturated carbocycles. The van der Waals surface area contributed by atoms with E-state index in [1.54, 1.807) is 19.1 Å². The summed E-state index contributed by atoms with van der Waals surface area (Å²) in [5.74, 6) is -7.06. The molecule has 2 N–H and O–H groups in total. The van der Waals surface area contributed by atoms with Gasteiger partial charge in [-0.3, -0.25) is 9.78 Å². The lowest BCUT2D eigenvalue weighted by Gasteiger charge is -2.22. The van der Waals surface area contributed by atoms with Crippen LogP contribution in [0, 0.1) is 0 Å². The highest BCUT2D eigenvalue weighted by atomic mass is 19.4. The van der Waals surface area contributed by atoms with Gasteiger partial charge in [0, 0.05) is 31.0 Å². The number of hydrogen-bond acceptors (Lipinski definition) is 5. The van der Waals surface area contributed by atoms with Crippen molar-refractivity contribution in [1.29, 1.82) is 0 Å². The number of hydrogen-bond donors (Lipinski definition) is 2. The van der Waals surface area contributed by atoms with Gasteiger partial charge in [0.25, 0.3) is 0 Å². The van der Waals surface area contributed by atoms with E-state index in [1.807, 2.05) is 0 Å². The van der Waals surface area contributed by atoms with E-state index in [1.165, 1.54) is 6.20 Å². The molecule has 2 rings (SSSR count). The van der Waals surface area contributed by atoms with Gasteiger partial charge in [-0.1, -0.05) is 0 Å². The Morgan fingerprint density at radius 3 is 2.56 bits per heavy atom. The molecule has 1 aromatic heterocycles. The lowest BCUT2D eigenvalue weighted by molar-refractivity contribution is -0.259. The number of halogens is 5. The van der Waals surface area contributed by atoms with E-state index in [4.69, 9.17) is 9.47 Å². The number of rotatable bonds is 7. The molecule has 27 heavy (non-hydrogen) atoms. The minimum Gasteiger partial charge on any atom is -0.383 e. The Balaban J connectivity index is 1.79. The van der Waals surface area contributed by atoms with Gasteiger partial charge in [-0.05, 0) is 25.1 Å². The average molecular weight is 395 g/mol. The maximum Gasteiger partial charge on any atom is 0.457 e. The number of amides is 1. The monoisotopic (exact) mass is 395 g/mol. The van der Waals surface area contributed by atoms with Gasteiger partial charge in [0.05, 0.1) is 13.2 Å². The van der Waals surface area contributed by atoms with Crippen molar-refractivity contribution in [2.75, 3.05) is 31.6 Å². The summed E-state index contributed by atoms with van der Waals surface area (Å²) < 4.78 is 72.3. The molecule has 0 bridgehead atoms. The molecule has 150 valence electrons. The van der Waals surface area contributed by atoms with Crippen molar-refractivity contribution in [1.82, 2.24) is 10.3 Å². The summed E-state index contributed by atoms with van der Waals surface area (Å²) in [5.41, 5.74) is 1.19. The second kappa shape index (κ2) is 8.17. The molecular formula is C16H18F5N3O3. The number of pyridine rings is 1. The molecule has 0 unspecified atom stereocenters. The molecule has 0 spiro atoms. The molecule has 0 aromatic carbocycles. The second-order valence-corrected chi connectivity index (χ2v) is 5.74. The van der Waals surface area contributed by atoms with Crippen molar-refractivity contribution in [2.45, 2.75) is 24.8 Å². The molecule has 1 amide bonds. The minimum absolute atomic E-state index is 0.00267. The van der Waals surface area contributed by atoms with Crippen LogP contribution in [-0.2, 0) is 20.1 Å². The number of nitrogens with zero attached hydrogens (tertiary/aromatic N) is 1. The molecule has 1 aromatic rings. The third kappa shape index (κ3) is 5.60. The van der Waals surface area contributed by atoms with Gasteiger partial charge in [0.15, 0.2) is 0 Å². The van der Waals surface area contributed by atoms with E-state index >= 15 is 0 Å². The molecule has 11 heteroatoms. The highest BCUT2D eigenvalue weighted by Crippen LogP contribution is 2.36. The number of alkyl halides is 5. The van der Waals surface area contributed by atoms with Crippen LogP contribution in [0.5, 0.6) is 0 Å². The van der Waals surface area contributed by atoms with Crippen LogP contribution in [0.25, 0.3) is 0 Å². The summed E-state index contributed by atoms with van der Waals surface area (Å²) in [4.78, 5) is 15.5. The number of nitrogens with one attached hydrogen (secondary N) is 2. The Labute approximate surface area is 151 Å².